The van der Waals surface area contributed by atoms with E-state index in [0.29, 0.717) is 6.54 Å². The van der Waals surface area contributed by atoms with Gasteiger partial charge in [0.1, 0.15) is 5.75 Å². The number of amides is 2. The number of para-hydroxylation sites is 1. The molecule has 0 bridgehead atoms. The number of carbonyl (C=O) groups excluding carboxylic acids is 1. The van der Waals surface area contributed by atoms with Crippen molar-refractivity contribution in [1.29, 1.82) is 0 Å². The predicted octanol–water partition coefficient (Wildman–Crippen LogP) is 3.36. The number of carbonyl (C=O) groups is 1. The van der Waals surface area contributed by atoms with Crippen LogP contribution < -0.4 is 15.4 Å². The van der Waals surface area contributed by atoms with Crippen LogP contribution >= 0.6 is 0 Å². The molecule has 0 fully saturated rings. The van der Waals surface area contributed by atoms with Crippen LogP contribution in [0.3, 0.4) is 0 Å². The fraction of sp³-hybridized carbons (Fsp3) is 0.350. The topological polar surface area (TPSA) is 53.6 Å². The molecule has 134 valence electrons. The van der Waals surface area contributed by atoms with Gasteiger partial charge in [0.25, 0.3) is 0 Å². The summed E-state index contributed by atoms with van der Waals surface area (Å²) >= 11 is 0. The number of methoxy groups -OCH3 is 1. The second-order valence-electron chi connectivity index (χ2n) is 6.21. The third kappa shape index (κ3) is 5.22. The van der Waals surface area contributed by atoms with Crippen molar-refractivity contribution in [2.45, 2.75) is 19.0 Å². The van der Waals surface area contributed by atoms with Crippen LogP contribution in [-0.2, 0) is 0 Å². The van der Waals surface area contributed by atoms with E-state index in [-0.39, 0.29) is 18.1 Å². The lowest BCUT2D eigenvalue weighted by Crippen LogP contribution is -2.41. The maximum Gasteiger partial charge on any atom is 0.315 e. The molecule has 2 N–H and O–H groups in total. The van der Waals surface area contributed by atoms with Gasteiger partial charge in [-0.15, -0.1) is 0 Å². The van der Waals surface area contributed by atoms with E-state index in [1.807, 2.05) is 75.6 Å². The highest BCUT2D eigenvalue weighted by Gasteiger charge is 2.19. The van der Waals surface area contributed by atoms with Crippen molar-refractivity contribution < 1.29 is 9.53 Å². The molecule has 5 nitrogen and oxygen atoms in total. The van der Waals surface area contributed by atoms with E-state index >= 15 is 0 Å². The lowest BCUT2D eigenvalue weighted by molar-refractivity contribution is 0.229. The number of rotatable bonds is 7. The Kier molecular flexibility index (Phi) is 6.83. The van der Waals surface area contributed by atoms with Crippen LogP contribution in [0.25, 0.3) is 0 Å². The summed E-state index contributed by atoms with van der Waals surface area (Å²) in [4.78, 5) is 14.3. The number of nitrogens with zero attached hydrogens (tertiary/aromatic N) is 1. The molecule has 2 rings (SSSR count). The maximum atomic E-state index is 12.3. The Morgan fingerprint density at radius 1 is 1.08 bits per heavy atom. The molecule has 2 aromatic carbocycles. The quantitative estimate of drug-likeness (QED) is 0.812. The molecule has 0 heterocycles. The highest BCUT2D eigenvalue weighted by Crippen LogP contribution is 2.27. The number of urea groups is 1. The van der Waals surface area contributed by atoms with Crippen LogP contribution in [0.1, 0.15) is 30.1 Å². The van der Waals surface area contributed by atoms with Gasteiger partial charge in [0.05, 0.1) is 19.2 Å². The van der Waals surface area contributed by atoms with Crippen LogP contribution in [0.4, 0.5) is 4.79 Å². The molecule has 0 aliphatic rings. The summed E-state index contributed by atoms with van der Waals surface area (Å²) in [6.45, 7) is 2.46. The molecule has 2 amide bonds. The first-order valence-electron chi connectivity index (χ1n) is 8.41. The standard InChI is InChI=1S/C20H27N3O2/c1-15(16-10-6-5-7-11-16)22-20(24)21-14-18(23(2)3)17-12-8-9-13-19(17)25-4/h5-13,15,18H,14H2,1-4H3,(H2,21,22,24). The van der Waals surface area contributed by atoms with Crippen LogP contribution in [0.5, 0.6) is 5.75 Å². The zero-order valence-corrected chi connectivity index (χ0v) is 15.3. The van der Waals surface area contributed by atoms with Gasteiger partial charge in [-0.1, -0.05) is 48.5 Å². The summed E-state index contributed by atoms with van der Waals surface area (Å²) in [5.74, 6) is 0.820. The third-order valence-electron chi connectivity index (χ3n) is 4.22. The lowest BCUT2D eigenvalue weighted by Gasteiger charge is -2.27. The van der Waals surface area contributed by atoms with Gasteiger partial charge >= 0.3 is 6.03 Å². The van der Waals surface area contributed by atoms with Gasteiger partial charge in [0.15, 0.2) is 0 Å². The first kappa shape index (κ1) is 18.8. The van der Waals surface area contributed by atoms with Gasteiger partial charge in [0.2, 0.25) is 0 Å². The van der Waals surface area contributed by atoms with Gasteiger partial charge in [0, 0.05) is 12.1 Å². The number of hydrogen-bond acceptors (Lipinski definition) is 3. The van der Waals surface area contributed by atoms with E-state index < -0.39 is 0 Å². The van der Waals surface area contributed by atoms with Gasteiger partial charge < -0.3 is 20.3 Å². The minimum Gasteiger partial charge on any atom is -0.496 e. The molecular formula is C20H27N3O2. The average molecular weight is 341 g/mol. The molecule has 2 aromatic rings. The van der Waals surface area contributed by atoms with Crippen LogP contribution in [0.2, 0.25) is 0 Å². The predicted molar refractivity (Wildman–Crippen MR) is 101 cm³/mol. The molecule has 0 radical (unpaired) electrons. The van der Waals surface area contributed by atoms with Gasteiger partial charge in [-0.05, 0) is 32.6 Å². The highest BCUT2D eigenvalue weighted by molar-refractivity contribution is 5.74. The van der Waals surface area contributed by atoms with Crippen molar-refractivity contribution in [3.63, 3.8) is 0 Å². The number of likely N-dealkylation sites (N-methyl/N-ethyl adjacent to an activating group) is 1. The molecule has 0 aliphatic heterocycles. The minimum absolute atomic E-state index is 0.0222. The Morgan fingerprint density at radius 3 is 2.36 bits per heavy atom. The molecule has 0 aromatic heterocycles. The van der Waals surface area contributed by atoms with E-state index in [0.717, 1.165) is 16.9 Å². The molecule has 0 saturated carbocycles. The van der Waals surface area contributed by atoms with Crippen molar-refractivity contribution in [1.82, 2.24) is 15.5 Å². The van der Waals surface area contributed by atoms with E-state index in [1.54, 1.807) is 7.11 Å². The van der Waals surface area contributed by atoms with Crippen molar-refractivity contribution in [2.24, 2.45) is 0 Å². The zero-order chi connectivity index (χ0) is 18.2. The fourth-order valence-corrected chi connectivity index (χ4v) is 2.77. The Morgan fingerprint density at radius 2 is 1.72 bits per heavy atom. The van der Waals surface area contributed by atoms with Crippen molar-refractivity contribution >= 4 is 6.03 Å². The van der Waals surface area contributed by atoms with E-state index in [4.69, 9.17) is 4.74 Å². The summed E-state index contributed by atoms with van der Waals surface area (Å²) < 4.78 is 5.45. The molecule has 25 heavy (non-hydrogen) atoms. The first-order valence-corrected chi connectivity index (χ1v) is 8.41. The van der Waals surface area contributed by atoms with Crippen molar-refractivity contribution in [3.8, 4) is 5.75 Å². The summed E-state index contributed by atoms with van der Waals surface area (Å²) in [6.07, 6.45) is 0. The third-order valence-corrected chi connectivity index (χ3v) is 4.22. The summed E-state index contributed by atoms with van der Waals surface area (Å²) in [7, 11) is 5.64. The summed E-state index contributed by atoms with van der Waals surface area (Å²) in [6, 6.07) is 17.6. The Hall–Kier alpha value is -2.53. The molecule has 2 unspecified atom stereocenters. The fourth-order valence-electron chi connectivity index (χ4n) is 2.77. The first-order chi connectivity index (χ1) is 12.0. The highest BCUT2D eigenvalue weighted by atomic mass is 16.5. The zero-order valence-electron chi connectivity index (χ0n) is 15.3. The normalized spacial score (nSPS) is 13.2. The number of ether oxygens (including phenoxy) is 1. The second kappa shape index (κ2) is 9.08. The lowest BCUT2D eigenvalue weighted by atomic mass is 10.0. The number of benzene rings is 2. The van der Waals surface area contributed by atoms with Gasteiger partial charge in [-0.25, -0.2) is 4.79 Å². The number of hydrogen-bond donors (Lipinski definition) is 2. The van der Waals surface area contributed by atoms with Crippen LogP contribution in [0.15, 0.2) is 54.6 Å². The maximum absolute atomic E-state index is 12.3. The average Bonchev–Trinajstić information content (AvgIpc) is 2.62. The monoisotopic (exact) mass is 341 g/mol. The Balaban J connectivity index is 1.98. The van der Waals surface area contributed by atoms with E-state index in [2.05, 4.69) is 15.5 Å². The number of nitrogens with one attached hydrogen (secondary N) is 2. The largest absolute Gasteiger partial charge is 0.496 e. The van der Waals surface area contributed by atoms with Crippen molar-refractivity contribution in [3.05, 3.63) is 65.7 Å². The SMILES string of the molecule is COc1ccccc1C(CNC(=O)NC(C)c1ccccc1)N(C)C. The van der Waals surface area contributed by atoms with Crippen molar-refractivity contribution in [2.75, 3.05) is 27.7 Å². The van der Waals surface area contributed by atoms with Gasteiger partial charge in [-0.3, -0.25) is 0 Å². The Labute approximate surface area is 150 Å². The molecule has 5 heteroatoms. The molecule has 0 saturated heterocycles. The van der Waals surface area contributed by atoms with E-state index in [9.17, 15) is 4.79 Å². The van der Waals surface area contributed by atoms with Gasteiger partial charge in [-0.2, -0.15) is 0 Å². The smallest absolute Gasteiger partial charge is 0.315 e. The summed E-state index contributed by atoms with van der Waals surface area (Å²) in [5.41, 5.74) is 2.12. The van der Waals surface area contributed by atoms with Crippen LogP contribution in [0, 0.1) is 0 Å². The molecule has 0 aliphatic carbocycles. The molecular weight excluding hydrogens is 314 g/mol. The summed E-state index contributed by atoms with van der Waals surface area (Å²) in [5, 5.41) is 5.94. The Bertz CT molecular complexity index is 674. The molecule has 0 spiro atoms. The van der Waals surface area contributed by atoms with Crippen LogP contribution in [-0.4, -0.2) is 38.7 Å². The van der Waals surface area contributed by atoms with E-state index in [1.165, 1.54) is 0 Å². The minimum atomic E-state index is -0.182. The second-order valence-corrected chi connectivity index (χ2v) is 6.21. The molecule has 2 atom stereocenters.